The van der Waals surface area contributed by atoms with Gasteiger partial charge in [0.15, 0.2) is 0 Å². The van der Waals surface area contributed by atoms with Crippen molar-refractivity contribution in [2.45, 2.75) is 13.3 Å². The van der Waals surface area contributed by atoms with Gasteiger partial charge < -0.3 is 15.0 Å². The number of para-hydroxylation sites is 1. The molecule has 1 saturated heterocycles. The average molecular weight is 352 g/mol. The molecule has 1 unspecified atom stereocenters. The molecule has 2 aromatic carbocycles. The number of hydrogen-bond donors (Lipinski definition) is 1. The van der Waals surface area contributed by atoms with Crippen LogP contribution in [0.25, 0.3) is 0 Å². The summed E-state index contributed by atoms with van der Waals surface area (Å²) >= 11 is 0. The molecule has 0 aromatic heterocycles. The molecule has 1 aliphatic rings. The first-order valence-electron chi connectivity index (χ1n) is 8.93. The Balaban J connectivity index is 1.40. The van der Waals surface area contributed by atoms with Crippen molar-refractivity contribution in [1.29, 1.82) is 0 Å². The quantitative estimate of drug-likeness (QED) is 0.812. The van der Waals surface area contributed by atoms with Crippen molar-refractivity contribution in [3.05, 3.63) is 65.7 Å². The summed E-state index contributed by atoms with van der Waals surface area (Å²) in [5, 5.41) is 2.63. The van der Waals surface area contributed by atoms with Crippen LogP contribution in [0.1, 0.15) is 22.3 Å². The summed E-state index contributed by atoms with van der Waals surface area (Å²) in [7, 11) is 0. The molecule has 5 heteroatoms. The van der Waals surface area contributed by atoms with E-state index in [9.17, 15) is 9.59 Å². The number of anilines is 1. The van der Waals surface area contributed by atoms with E-state index in [1.807, 2.05) is 37.3 Å². The minimum absolute atomic E-state index is 0.109. The Morgan fingerprint density at radius 3 is 2.62 bits per heavy atom. The van der Waals surface area contributed by atoms with Crippen LogP contribution in [0.4, 0.5) is 5.69 Å². The second kappa shape index (κ2) is 8.52. The van der Waals surface area contributed by atoms with Crippen LogP contribution in [-0.2, 0) is 9.53 Å². The Morgan fingerprint density at radius 2 is 1.85 bits per heavy atom. The van der Waals surface area contributed by atoms with E-state index in [0.717, 1.165) is 25.1 Å². The van der Waals surface area contributed by atoms with Crippen LogP contribution < -0.4 is 10.2 Å². The number of esters is 1. The maximum atomic E-state index is 12.1. The van der Waals surface area contributed by atoms with Crippen LogP contribution in [0, 0.1) is 12.8 Å². The monoisotopic (exact) mass is 352 g/mol. The van der Waals surface area contributed by atoms with Crippen molar-refractivity contribution < 1.29 is 14.3 Å². The molecule has 1 aliphatic heterocycles. The summed E-state index contributed by atoms with van der Waals surface area (Å²) in [6.07, 6.45) is 0.998. The SMILES string of the molecule is Cc1ccccc1C(=O)NCC(=O)OCC1CCN(c2ccccc2)C1. The number of carbonyl (C=O) groups is 2. The second-order valence-corrected chi connectivity index (χ2v) is 6.62. The highest BCUT2D eigenvalue weighted by Gasteiger charge is 2.24. The van der Waals surface area contributed by atoms with Crippen LogP contribution in [-0.4, -0.2) is 38.1 Å². The molecular formula is C21H24N2O3. The van der Waals surface area contributed by atoms with Crippen molar-refractivity contribution in [2.24, 2.45) is 5.92 Å². The summed E-state index contributed by atoms with van der Waals surface area (Å²) in [6.45, 7) is 4.00. The van der Waals surface area contributed by atoms with Crippen LogP contribution >= 0.6 is 0 Å². The minimum Gasteiger partial charge on any atom is -0.464 e. The second-order valence-electron chi connectivity index (χ2n) is 6.62. The molecule has 0 spiro atoms. The molecule has 3 rings (SSSR count). The molecule has 26 heavy (non-hydrogen) atoms. The zero-order valence-electron chi connectivity index (χ0n) is 15.0. The molecule has 1 fully saturated rings. The van der Waals surface area contributed by atoms with Gasteiger partial charge in [0.05, 0.1) is 6.61 Å². The van der Waals surface area contributed by atoms with E-state index < -0.39 is 5.97 Å². The van der Waals surface area contributed by atoms with Gasteiger partial charge in [-0.05, 0) is 37.1 Å². The molecule has 1 N–H and O–H groups in total. The van der Waals surface area contributed by atoms with E-state index in [1.165, 1.54) is 5.69 Å². The smallest absolute Gasteiger partial charge is 0.325 e. The first-order valence-corrected chi connectivity index (χ1v) is 8.93. The lowest BCUT2D eigenvalue weighted by atomic mass is 10.1. The number of amides is 1. The maximum absolute atomic E-state index is 12.1. The van der Waals surface area contributed by atoms with Crippen molar-refractivity contribution in [3.8, 4) is 0 Å². The predicted molar refractivity (Wildman–Crippen MR) is 101 cm³/mol. The van der Waals surface area contributed by atoms with Crippen molar-refractivity contribution >= 4 is 17.6 Å². The number of benzene rings is 2. The molecule has 136 valence electrons. The lowest BCUT2D eigenvalue weighted by Crippen LogP contribution is -2.32. The highest BCUT2D eigenvalue weighted by atomic mass is 16.5. The van der Waals surface area contributed by atoms with Gasteiger partial charge in [-0.25, -0.2) is 0 Å². The van der Waals surface area contributed by atoms with Gasteiger partial charge in [0, 0.05) is 30.3 Å². The molecule has 0 aliphatic carbocycles. The van der Waals surface area contributed by atoms with Gasteiger partial charge in [0.1, 0.15) is 6.54 Å². The van der Waals surface area contributed by atoms with E-state index in [0.29, 0.717) is 18.1 Å². The summed E-state index contributed by atoms with van der Waals surface area (Å²) < 4.78 is 5.35. The van der Waals surface area contributed by atoms with Gasteiger partial charge in [-0.3, -0.25) is 9.59 Å². The summed E-state index contributed by atoms with van der Waals surface area (Å²) in [6, 6.07) is 17.5. The lowest BCUT2D eigenvalue weighted by Gasteiger charge is -2.18. The van der Waals surface area contributed by atoms with Crippen LogP contribution in [0.15, 0.2) is 54.6 Å². The Hall–Kier alpha value is -2.82. The summed E-state index contributed by atoms with van der Waals surface area (Å²) in [5.41, 5.74) is 2.66. The standard InChI is InChI=1S/C21H24N2O3/c1-16-7-5-6-10-19(16)21(25)22-13-20(24)26-15-17-11-12-23(14-17)18-8-3-2-4-9-18/h2-10,17H,11-15H2,1H3,(H,22,25). The molecule has 0 radical (unpaired) electrons. The first kappa shape index (κ1) is 18.0. The topological polar surface area (TPSA) is 58.6 Å². The van der Waals surface area contributed by atoms with E-state index in [4.69, 9.17) is 4.74 Å². The number of carbonyl (C=O) groups excluding carboxylic acids is 2. The molecule has 2 aromatic rings. The van der Waals surface area contributed by atoms with E-state index in [1.54, 1.807) is 12.1 Å². The molecular weight excluding hydrogens is 328 g/mol. The van der Waals surface area contributed by atoms with Gasteiger partial charge in [-0.1, -0.05) is 36.4 Å². The van der Waals surface area contributed by atoms with Gasteiger partial charge in [-0.2, -0.15) is 0 Å². The fourth-order valence-corrected chi connectivity index (χ4v) is 3.18. The van der Waals surface area contributed by atoms with Crippen LogP contribution in [0.3, 0.4) is 0 Å². The van der Waals surface area contributed by atoms with Crippen LogP contribution in [0.5, 0.6) is 0 Å². The Labute approximate surface area is 154 Å². The molecule has 5 nitrogen and oxygen atoms in total. The van der Waals surface area contributed by atoms with Crippen LogP contribution in [0.2, 0.25) is 0 Å². The largest absolute Gasteiger partial charge is 0.464 e. The molecule has 1 atom stereocenters. The number of rotatable bonds is 6. The Bertz CT molecular complexity index is 761. The average Bonchev–Trinajstić information content (AvgIpc) is 3.14. The highest BCUT2D eigenvalue weighted by Crippen LogP contribution is 2.23. The highest BCUT2D eigenvalue weighted by molar-refractivity contribution is 5.97. The molecule has 1 heterocycles. The van der Waals surface area contributed by atoms with Gasteiger partial charge in [-0.15, -0.1) is 0 Å². The molecule has 0 bridgehead atoms. The third kappa shape index (κ3) is 4.63. The third-order valence-corrected chi connectivity index (χ3v) is 4.67. The normalized spacial score (nSPS) is 16.3. The van der Waals surface area contributed by atoms with Crippen molar-refractivity contribution in [3.63, 3.8) is 0 Å². The Morgan fingerprint density at radius 1 is 1.12 bits per heavy atom. The summed E-state index contributed by atoms with van der Waals surface area (Å²) in [4.78, 5) is 26.3. The summed E-state index contributed by atoms with van der Waals surface area (Å²) in [5.74, 6) is -0.326. The van der Waals surface area contributed by atoms with E-state index in [-0.39, 0.29) is 12.5 Å². The first-order chi connectivity index (χ1) is 12.6. The number of nitrogens with zero attached hydrogens (tertiary/aromatic N) is 1. The number of nitrogens with one attached hydrogen (secondary N) is 1. The number of hydrogen-bond acceptors (Lipinski definition) is 4. The maximum Gasteiger partial charge on any atom is 0.325 e. The molecule has 0 saturated carbocycles. The van der Waals surface area contributed by atoms with Crippen molar-refractivity contribution in [2.75, 3.05) is 31.1 Å². The zero-order valence-corrected chi connectivity index (χ0v) is 15.0. The zero-order chi connectivity index (χ0) is 18.4. The minimum atomic E-state index is -0.398. The molecule has 1 amide bonds. The fraction of sp³-hybridized carbons (Fsp3) is 0.333. The van der Waals surface area contributed by atoms with E-state index in [2.05, 4.69) is 22.3 Å². The van der Waals surface area contributed by atoms with E-state index >= 15 is 0 Å². The lowest BCUT2D eigenvalue weighted by molar-refractivity contribution is -0.143. The fourth-order valence-electron chi connectivity index (χ4n) is 3.18. The van der Waals surface area contributed by atoms with Gasteiger partial charge in [0.2, 0.25) is 0 Å². The van der Waals surface area contributed by atoms with Crippen molar-refractivity contribution in [1.82, 2.24) is 5.32 Å². The third-order valence-electron chi connectivity index (χ3n) is 4.67. The Kier molecular flexibility index (Phi) is 5.89. The number of aryl methyl sites for hydroxylation is 1. The van der Waals surface area contributed by atoms with Gasteiger partial charge >= 0.3 is 5.97 Å². The van der Waals surface area contributed by atoms with Gasteiger partial charge in [0.25, 0.3) is 5.91 Å². The predicted octanol–water partition coefficient (Wildman–Crippen LogP) is 2.79. The number of ether oxygens (including phenoxy) is 1.